The Morgan fingerprint density at radius 2 is 2.27 bits per heavy atom. The predicted octanol–water partition coefficient (Wildman–Crippen LogP) is 2.96. The summed E-state index contributed by atoms with van der Waals surface area (Å²) in [5, 5.41) is 16.1. The van der Waals surface area contributed by atoms with Gasteiger partial charge in [0.15, 0.2) is 0 Å². The van der Waals surface area contributed by atoms with Gasteiger partial charge in [-0.15, -0.1) is 21.5 Å². The van der Waals surface area contributed by atoms with Gasteiger partial charge in [-0.1, -0.05) is 12.1 Å². The van der Waals surface area contributed by atoms with Crippen LogP contribution < -0.4 is 15.4 Å². The van der Waals surface area contributed by atoms with E-state index in [0.29, 0.717) is 29.6 Å². The van der Waals surface area contributed by atoms with Crippen molar-refractivity contribution in [3.05, 3.63) is 52.7 Å². The first-order valence-corrected chi connectivity index (χ1v) is 10.6. The maximum atomic E-state index is 12.7. The topological polar surface area (TPSA) is 98.5 Å². The molecule has 1 amide bonds. The molecule has 2 aromatic heterocycles. The van der Waals surface area contributed by atoms with Gasteiger partial charge in [-0.25, -0.2) is 0 Å². The molecule has 3 heterocycles. The Labute approximate surface area is 178 Å². The summed E-state index contributed by atoms with van der Waals surface area (Å²) in [5.41, 5.74) is 0.897. The van der Waals surface area contributed by atoms with E-state index >= 15 is 0 Å². The zero-order valence-corrected chi connectivity index (χ0v) is 17.9. The lowest BCUT2D eigenvalue weighted by molar-refractivity contribution is -0.102. The highest BCUT2D eigenvalue weighted by Crippen LogP contribution is 2.32. The largest absolute Gasteiger partial charge is 0.496 e. The lowest BCUT2D eigenvalue weighted by Gasteiger charge is -2.38. The fraction of sp³-hybridized carbons (Fsp3) is 0.381. The lowest BCUT2D eigenvalue weighted by Crippen LogP contribution is -2.49. The fourth-order valence-corrected chi connectivity index (χ4v) is 4.14. The number of carbonyl (C=O) groups excluding carboxylic acids is 1. The first-order valence-electron chi connectivity index (χ1n) is 9.70. The van der Waals surface area contributed by atoms with Gasteiger partial charge in [0.05, 0.1) is 30.2 Å². The van der Waals surface area contributed by atoms with E-state index in [1.807, 2.05) is 43.5 Å². The normalized spacial score (nSPS) is 21.4. The summed E-state index contributed by atoms with van der Waals surface area (Å²) in [6, 6.07) is 9.33. The molecule has 0 spiro atoms. The molecule has 1 fully saturated rings. The molecule has 1 aliphatic heterocycles. The Morgan fingerprint density at radius 1 is 1.40 bits per heavy atom. The Bertz CT molecular complexity index is 1020. The zero-order chi connectivity index (χ0) is 21.1. The second-order valence-electron chi connectivity index (χ2n) is 7.37. The molecule has 8 nitrogen and oxygen atoms in total. The molecule has 0 radical (unpaired) electrons. The number of amides is 1. The second-order valence-corrected chi connectivity index (χ2v) is 8.31. The number of aromatic nitrogens is 2. The zero-order valence-electron chi connectivity index (χ0n) is 17.1. The highest BCUT2D eigenvalue weighted by Gasteiger charge is 2.33. The van der Waals surface area contributed by atoms with E-state index in [0.717, 1.165) is 17.0 Å². The highest BCUT2D eigenvalue weighted by molar-refractivity contribution is 7.13. The van der Waals surface area contributed by atoms with E-state index in [4.69, 9.17) is 13.9 Å². The summed E-state index contributed by atoms with van der Waals surface area (Å²) in [4.78, 5) is 13.6. The number of rotatable bonds is 6. The molecule has 2 N–H and O–H groups in total. The standard InChI is InChI=1S/C21H24N4O4S/c1-13-10-22-12-21(2,29-13)14-6-7-15(16(9-14)27-3)19(26)23-11-18-24-25-20(28-18)17-5-4-8-30-17/h4-9,13,22H,10-12H2,1-3H3,(H,23,26). The highest BCUT2D eigenvalue weighted by atomic mass is 32.1. The lowest BCUT2D eigenvalue weighted by atomic mass is 9.92. The summed E-state index contributed by atoms with van der Waals surface area (Å²) in [6.45, 7) is 5.70. The van der Waals surface area contributed by atoms with E-state index in [1.165, 1.54) is 11.3 Å². The molecule has 1 aliphatic rings. The molecule has 1 aromatic carbocycles. The quantitative estimate of drug-likeness (QED) is 0.623. The average Bonchev–Trinajstić information content (AvgIpc) is 3.43. The number of benzene rings is 1. The Kier molecular flexibility index (Phi) is 5.85. The van der Waals surface area contributed by atoms with Crippen LogP contribution in [0, 0.1) is 0 Å². The number of methoxy groups -OCH3 is 1. The van der Waals surface area contributed by atoms with Gasteiger partial charge in [-0.3, -0.25) is 4.79 Å². The smallest absolute Gasteiger partial charge is 0.257 e. The van der Waals surface area contributed by atoms with E-state index in [1.54, 1.807) is 13.2 Å². The first kappa shape index (κ1) is 20.5. The van der Waals surface area contributed by atoms with Crippen LogP contribution in [0.5, 0.6) is 5.75 Å². The molecular formula is C21H24N4O4S. The number of morpholine rings is 1. The third-order valence-corrected chi connectivity index (χ3v) is 5.87. The first-order chi connectivity index (χ1) is 14.5. The van der Waals surface area contributed by atoms with Crippen molar-refractivity contribution < 1.29 is 18.7 Å². The van der Waals surface area contributed by atoms with Crippen molar-refractivity contribution in [3.63, 3.8) is 0 Å². The van der Waals surface area contributed by atoms with Crippen LogP contribution in [0.1, 0.15) is 35.7 Å². The Morgan fingerprint density at radius 3 is 3.00 bits per heavy atom. The predicted molar refractivity (Wildman–Crippen MR) is 113 cm³/mol. The minimum atomic E-state index is -0.484. The summed E-state index contributed by atoms with van der Waals surface area (Å²) in [5.74, 6) is 0.985. The molecule has 30 heavy (non-hydrogen) atoms. The maximum Gasteiger partial charge on any atom is 0.257 e. The van der Waals surface area contributed by atoms with Crippen LogP contribution >= 0.6 is 11.3 Å². The minimum Gasteiger partial charge on any atom is -0.496 e. The number of hydrogen-bond acceptors (Lipinski definition) is 8. The van der Waals surface area contributed by atoms with E-state index in [9.17, 15) is 4.79 Å². The third-order valence-electron chi connectivity index (χ3n) is 5.01. The second kappa shape index (κ2) is 8.55. The molecule has 3 aromatic rings. The number of nitrogens with zero attached hydrogens (tertiary/aromatic N) is 2. The molecule has 1 saturated heterocycles. The average molecular weight is 429 g/mol. The maximum absolute atomic E-state index is 12.7. The monoisotopic (exact) mass is 428 g/mol. The summed E-state index contributed by atoms with van der Waals surface area (Å²) >= 11 is 1.51. The summed E-state index contributed by atoms with van der Waals surface area (Å²) in [6.07, 6.45) is 0.103. The summed E-state index contributed by atoms with van der Waals surface area (Å²) < 4.78 is 17.3. The SMILES string of the molecule is COc1cc(C2(C)CNCC(C)O2)ccc1C(=O)NCc1nnc(-c2cccs2)o1. The molecule has 2 unspecified atom stereocenters. The molecule has 9 heteroatoms. The van der Waals surface area contributed by atoms with Crippen LogP contribution in [0.4, 0.5) is 0 Å². The Balaban J connectivity index is 1.46. The number of nitrogens with one attached hydrogen (secondary N) is 2. The molecule has 0 saturated carbocycles. The van der Waals surface area contributed by atoms with Crippen LogP contribution in [0.3, 0.4) is 0 Å². The molecule has 4 rings (SSSR count). The van der Waals surface area contributed by atoms with Crippen LogP contribution in [0.2, 0.25) is 0 Å². The van der Waals surface area contributed by atoms with E-state index in [-0.39, 0.29) is 18.6 Å². The van der Waals surface area contributed by atoms with Crippen molar-refractivity contribution in [1.29, 1.82) is 0 Å². The van der Waals surface area contributed by atoms with Gasteiger partial charge in [0.25, 0.3) is 11.8 Å². The number of thiophene rings is 1. The molecule has 158 valence electrons. The van der Waals surface area contributed by atoms with Crippen molar-refractivity contribution in [2.75, 3.05) is 20.2 Å². The van der Waals surface area contributed by atoms with Crippen molar-refractivity contribution in [3.8, 4) is 16.5 Å². The van der Waals surface area contributed by atoms with Gasteiger partial charge in [0.2, 0.25) is 5.89 Å². The number of carbonyl (C=O) groups is 1. The Hall–Kier alpha value is -2.75. The van der Waals surface area contributed by atoms with Crippen molar-refractivity contribution in [2.45, 2.75) is 32.1 Å². The molecule has 0 aliphatic carbocycles. The van der Waals surface area contributed by atoms with E-state index < -0.39 is 5.60 Å². The van der Waals surface area contributed by atoms with Crippen LogP contribution in [0.25, 0.3) is 10.8 Å². The van der Waals surface area contributed by atoms with Gasteiger partial charge < -0.3 is 24.5 Å². The fourth-order valence-electron chi connectivity index (χ4n) is 3.50. The minimum absolute atomic E-state index is 0.103. The van der Waals surface area contributed by atoms with Crippen LogP contribution in [0.15, 0.2) is 40.1 Å². The van der Waals surface area contributed by atoms with Crippen LogP contribution in [-0.4, -0.2) is 42.4 Å². The van der Waals surface area contributed by atoms with Crippen molar-refractivity contribution in [1.82, 2.24) is 20.8 Å². The third kappa shape index (κ3) is 4.23. The van der Waals surface area contributed by atoms with Gasteiger partial charge in [0.1, 0.15) is 11.4 Å². The summed E-state index contributed by atoms with van der Waals surface area (Å²) in [7, 11) is 1.55. The molecule has 2 atom stereocenters. The van der Waals surface area contributed by atoms with Crippen molar-refractivity contribution >= 4 is 17.2 Å². The molecular weight excluding hydrogens is 404 g/mol. The van der Waals surface area contributed by atoms with Crippen LogP contribution in [-0.2, 0) is 16.9 Å². The van der Waals surface area contributed by atoms with Gasteiger partial charge >= 0.3 is 0 Å². The van der Waals surface area contributed by atoms with E-state index in [2.05, 4.69) is 20.8 Å². The number of ether oxygens (including phenoxy) is 2. The van der Waals surface area contributed by atoms with Gasteiger partial charge in [-0.2, -0.15) is 0 Å². The number of hydrogen-bond donors (Lipinski definition) is 2. The van der Waals surface area contributed by atoms with Gasteiger partial charge in [0, 0.05) is 13.1 Å². The van der Waals surface area contributed by atoms with Crippen molar-refractivity contribution in [2.24, 2.45) is 0 Å². The molecule has 0 bridgehead atoms. The van der Waals surface area contributed by atoms with Gasteiger partial charge in [-0.05, 0) is 43.0 Å².